The molecule has 0 saturated carbocycles. The Morgan fingerprint density at radius 3 is 2.62 bits per heavy atom. The number of urea groups is 1. The average Bonchev–Trinajstić information content (AvgIpc) is 2.60. The summed E-state index contributed by atoms with van der Waals surface area (Å²) in [6.45, 7) is 3.19. The van der Waals surface area contributed by atoms with Crippen LogP contribution in [0.2, 0.25) is 0 Å². The van der Waals surface area contributed by atoms with Crippen molar-refractivity contribution in [1.82, 2.24) is 10.2 Å². The first-order valence-corrected chi connectivity index (χ1v) is 8.03. The van der Waals surface area contributed by atoms with Crippen molar-refractivity contribution in [2.45, 2.75) is 26.3 Å². The van der Waals surface area contributed by atoms with E-state index >= 15 is 0 Å². The van der Waals surface area contributed by atoms with Crippen LogP contribution in [0.15, 0.2) is 24.3 Å². The molecule has 7 heteroatoms. The van der Waals surface area contributed by atoms with Crippen LogP contribution < -0.4 is 5.32 Å². The van der Waals surface area contributed by atoms with E-state index in [-0.39, 0.29) is 18.5 Å². The maximum absolute atomic E-state index is 12.1. The molecule has 1 aromatic carbocycles. The number of benzene rings is 1. The first-order chi connectivity index (χ1) is 11.5. The second-order valence-electron chi connectivity index (χ2n) is 5.70. The number of ether oxygens (including phenoxy) is 1. The predicted molar refractivity (Wildman–Crippen MR) is 86.6 cm³/mol. The van der Waals surface area contributed by atoms with Gasteiger partial charge < -0.3 is 20.1 Å². The molecular weight excluding hydrogens is 312 g/mol. The smallest absolute Gasteiger partial charge is 0.338 e. The molecule has 7 nitrogen and oxygen atoms in total. The Bertz CT molecular complexity index is 600. The molecule has 0 bridgehead atoms. The van der Waals surface area contributed by atoms with Gasteiger partial charge in [0.05, 0.1) is 18.1 Å². The van der Waals surface area contributed by atoms with E-state index in [0.717, 1.165) is 5.56 Å². The molecule has 1 heterocycles. The van der Waals surface area contributed by atoms with Crippen molar-refractivity contribution in [2.24, 2.45) is 5.92 Å². The zero-order chi connectivity index (χ0) is 17.5. The van der Waals surface area contributed by atoms with Gasteiger partial charge in [-0.1, -0.05) is 12.1 Å². The number of nitrogens with zero attached hydrogens (tertiary/aromatic N) is 1. The van der Waals surface area contributed by atoms with E-state index in [1.165, 1.54) is 4.90 Å². The number of esters is 1. The van der Waals surface area contributed by atoms with Crippen LogP contribution in [0, 0.1) is 5.92 Å². The van der Waals surface area contributed by atoms with Crippen LogP contribution in [0.25, 0.3) is 0 Å². The summed E-state index contributed by atoms with van der Waals surface area (Å²) in [5.41, 5.74) is 1.32. The van der Waals surface area contributed by atoms with Gasteiger partial charge in [0.25, 0.3) is 0 Å². The number of carboxylic acid groups (broad SMARTS) is 1. The molecule has 24 heavy (non-hydrogen) atoms. The SMILES string of the molecule is CCOC(=O)c1ccc(CNC(=O)N2CCCC(C(=O)O)C2)cc1. The highest BCUT2D eigenvalue weighted by molar-refractivity contribution is 5.89. The molecule has 1 saturated heterocycles. The average molecular weight is 334 g/mol. The van der Waals surface area contributed by atoms with Crippen molar-refractivity contribution in [1.29, 1.82) is 0 Å². The van der Waals surface area contributed by atoms with Gasteiger partial charge in [-0.25, -0.2) is 9.59 Å². The van der Waals surface area contributed by atoms with E-state index in [0.29, 0.717) is 38.1 Å². The molecular formula is C17H22N2O5. The van der Waals surface area contributed by atoms with Gasteiger partial charge in [-0.3, -0.25) is 4.79 Å². The van der Waals surface area contributed by atoms with Gasteiger partial charge in [-0.15, -0.1) is 0 Å². The lowest BCUT2D eigenvalue weighted by Crippen LogP contribution is -2.46. The van der Waals surface area contributed by atoms with Crippen LogP contribution in [0.4, 0.5) is 4.79 Å². The summed E-state index contributed by atoms with van der Waals surface area (Å²) in [5, 5.41) is 11.8. The first-order valence-electron chi connectivity index (χ1n) is 8.03. The summed E-state index contributed by atoms with van der Waals surface area (Å²) in [5.74, 6) is -1.73. The van der Waals surface area contributed by atoms with Gasteiger partial charge in [-0.2, -0.15) is 0 Å². The highest BCUT2D eigenvalue weighted by Gasteiger charge is 2.27. The van der Waals surface area contributed by atoms with Crippen LogP contribution in [-0.4, -0.2) is 47.7 Å². The minimum atomic E-state index is -0.859. The fraction of sp³-hybridized carbons (Fsp3) is 0.471. The molecule has 0 spiro atoms. The number of likely N-dealkylation sites (tertiary alicyclic amines) is 1. The van der Waals surface area contributed by atoms with Gasteiger partial charge in [-0.05, 0) is 37.5 Å². The Morgan fingerprint density at radius 1 is 1.29 bits per heavy atom. The first kappa shape index (κ1) is 17.8. The number of carbonyl (C=O) groups excluding carboxylic acids is 2. The standard InChI is InChI=1S/C17H22N2O5/c1-2-24-16(22)13-7-5-12(6-8-13)10-18-17(23)19-9-3-4-14(11-19)15(20)21/h5-8,14H,2-4,9-11H2,1H3,(H,18,23)(H,20,21). The van der Waals surface area contributed by atoms with E-state index < -0.39 is 11.9 Å². The summed E-state index contributed by atoms with van der Waals surface area (Å²) in [6, 6.07) is 6.54. The maximum atomic E-state index is 12.1. The molecule has 2 rings (SSSR count). The minimum Gasteiger partial charge on any atom is -0.481 e. The number of hydrogen-bond acceptors (Lipinski definition) is 4. The molecule has 0 aliphatic carbocycles. The zero-order valence-electron chi connectivity index (χ0n) is 13.7. The van der Waals surface area contributed by atoms with Crippen LogP contribution in [0.3, 0.4) is 0 Å². The van der Waals surface area contributed by atoms with Gasteiger partial charge in [0.1, 0.15) is 0 Å². The lowest BCUT2D eigenvalue weighted by molar-refractivity contribution is -0.143. The monoisotopic (exact) mass is 334 g/mol. The number of nitrogens with one attached hydrogen (secondary N) is 1. The summed E-state index contributed by atoms with van der Waals surface area (Å²) in [7, 11) is 0. The number of piperidine rings is 1. The highest BCUT2D eigenvalue weighted by Crippen LogP contribution is 2.16. The Balaban J connectivity index is 1.85. The van der Waals surface area contributed by atoms with E-state index in [1.807, 2.05) is 0 Å². The summed E-state index contributed by atoms with van der Waals surface area (Å²) >= 11 is 0. The van der Waals surface area contributed by atoms with Gasteiger partial charge in [0, 0.05) is 19.6 Å². The van der Waals surface area contributed by atoms with Gasteiger partial charge >= 0.3 is 18.0 Å². The molecule has 0 radical (unpaired) electrons. The highest BCUT2D eigenvalue weighted by atomic mass is 16.5. The van der Waals surface area contributed by atoms with Crippen LogP contribution in [0.5, 0.6) is 0 Å². The van der Waals surface area contributed by atoms with Crippen molar-refractivity contribution in [3.05, 3.63) is 35.4 Å². The summed E-state index contributed by atoms with van der Waals surface area (Å²) in [6.07, 6.45) is 1.30. The Hall–Kier alpha value is -2.57. The normalized spacial score (nSPS) is 17.2. The van der Waals surface area contributed by atoms with Crippen LogP contribution in [-0.2, 0) is 16.1 Å². The second kappa shape index (κ2) is 8.33. The van der Waals surface area contributed by atoms with Gasteiger partial charge in [0.15, 0.2) is 0 Å². The van der Waals surface area contributed by atoms with Crippen molar-refractivity contribution >= 4 is 18.0 Å². The fourth-order valence-corrected chi connectivity index (χ4v) is 2.63. The fourth-order valence-electron chi connectivity index (χ4n) is 2.63. The van der Waals surface area contributed by atoms with Crippen molar-refractivity contribution in [3.63, 3.8) is 0 Å². The van der Waals surface area contributed by atoms with E-state index in [1.54, 1.807) is 31.2 Å². The molecule has 2 N–H and O–H groups in total. The Kier molecular flexibility index (Phi) is 6.17. The topological polar surface area (TPSA) is 95.9 Å². The van der Waals surface area contributed by atoms with E-state index in [4.69, 9.17) is 9.84 Å². The van der Waals surface area contributed by atoms with E-state index in [2.05, 4.69) is 5.32 Å². The second-order valence-corrected chi connectivity index (χ2v) is 5.70. The molecule has 1 unspecified atom stereocenters. The number of amides is 2. The Morgan fingerprint density at radius 2 is 2.00 bits per heavy atom. The molecule has 1 aliphatic rings. The van der Waals surface area contributed by atoms with E-state index in [9.17, 15) is 14.4 Å². The number of hydrogen-bond donors (Lipinski definition) is 2. The third-order valence-electron chi connectivity index (χ3n) is 3.97. The molecule has 2 amide bonds. The molecule has 1 fully saturated rings. The van der Waals surface area contributed by atoms with Crippen molar-refractivity contribution in [3.8, 4) is 0 Å². The number of aliphatic carboxylic acids is 1. The van der Waals surface area contributed by atoms with Crippen LogP contribution in [0.1, 0.15) is 35.7 Å². The molecule has 130 valence electrons. The largest absolute Gasteiger partial charge is 0.481 e. The number of rotatable bonds is 5. The van der Waals surface area contributed by atoms with Crippen LogP contribution >= 0.6 is 0 Å². The molecule has 1 atom stereocenters. The van der Waals surface area contributed by atoms with Gasteiger partial charge in [0.2, 0.25) is 0 Å². The third-order valence-corrected chi connectivity index (χ3v) is 3.97. The summed E-state index contributed by atoms with van der Waals surface area (Å²) in [4.78, 5) is 36.3. The minimum absolute atomic E-state index is 0.239. The quantitative estimate of drug-likeness (QED) is 0.802. The molecule has 1 aliphatic heterocycles. The Labute approximate surface area is 140 Å². The van der Waals surface area contributed by atoms with Crippen molar-refractivity contribution < 1.29 is 24.2 Å². The molecule has 1 aromatic rings. The van der Waals surface area contributed by atoms with Crippen molar-refractivity contribution in [2.75, 3.05) is 19.7 Å². The summed E-state index contributed by atoms with van der Waals surface area (Å²) < 4.78 is 4.91. The number of carboxylic acids is 1. The predicted octanol–water partition coefficient (Wildman–Crippen LogP) is 1.87. The lowest BCUT2D eigenvalue weighted by atomic mass is 9.99. The maximum Gasteiger partial charge on any atom is 0.338 e. The lowest BCUT2D eigenvalue weighted by Gasteiger charge is -2.30. The number of carbonyl (C=O) groups is 3. The third kappa shape index (κ3) is 4.71. The zero-order valence-corrected chi connectivity index (χ0v) is 13.7. The molecule has 0 aromatic heterocycles.